The number of hydrogen-bond acceptors (Lipinski definition) is 5. The van der Waals surface area contributed by atoms with Crippen LogP contribution in [0.5, 0.6) is 0 Å². The second-order valence-electron chi connectivity index (χ2n) is 6.22. The van der Waals surface area contributed by atoms with Crippen molar-refractivity contribution in [3.63, 3.8) is 0 Å². The lowest BCUT2D eigenvalue weighted by atomic mass is 10.1. The molecule has 7 nitrogen and oxygen atoms in total. The molecule has 134 valence electrons. The zero-order chi connectivity index (χ0) is 17.9. The maximum Gasteiger partial charge on any atom is 0.336 e. The third-order valence-electron chi connectivity index (χ3n) is 4.48. The van der Waals surface area contributed by atoms with E-state index in [4.69, 9.17) is 9.15 Å². The van der Waals surface area contributed by atoms with Crippen LogP contribution in [-0.4, -0.2) is 45.9 Å². The van der Waals surface area contributed by atoms with Gasteiger partial charge in [-0.1, -0.05) is 18.2 Å². The summed E-state index contributed by atoms with van der Waals surface area (Å²) in [7, 11) is 0. The number of carboxylic acids is 1. The number of ether oxygens (including phenoxy) is 1. The molecule has 1 fully saturated rings. The Morgan fingerprint density at radius 3 is 2.96 bits per heavy atom. The minimum Gasteiger partial charge on any atom is -0.478 e. The zero-order valence-electron chi connectivity index (χ0n) is 14.1. The van der Waals surface area contributed by atoms with Gasteiger partial charge in [0, 0.05) is 24.8 Å². The molecule has 0 amide bonds. The van der Waals surface area contributed by atoms with Crippen LogP contribution in [0.25, 0.3) is 11.3 Å². The van der Waals surface area contributed by atoms with Crippen molar-refractivity contribution in [3.05, 3.63) is 65.7 Å². The smallest absolute Gasteiger partial charge is 0.336 e. The normalized spacial score (nSPS) is 18.1. The van der Waals surface area contributed by atoms with Crippen molar-refractivity contribution < 1.29 is 19.1 Å². The number of rotatable bonds is 5. The summed E-state index contributed by atoms with van der Waals surface area (Å²) in [5.41, 5.74) is 1.79. The highest BCUT2D eigenvalue weighted by atomic mass is 16.5. The number of carboxylic acid groups (broad SMARTS) is 1. The van der Waals surface area contributed by atoms with Gasteiger partial charge in [0.25, 0.3) is 0 Å². The van der Waals surface area contributed by atoms with Gasteiger partial charge in [0.05, 0.1) is 24.4 Å². The number of benzene rings is 1. The molecule has 1 aliphatic heterocycles. The number of carbonyl (C=O) groups is 1. The second-order valence-corrected chi connectivity index (χ2v) is 6.22. The molecule has 1 saturated heterocycles. The number of aromatic amines is 1. The Morgan fingerprint density at radius 2 is 2.15 bits per heavy atom. The molecule has 0 unspecified atom stereocenters. The van der Waals surface area contributed by atoms with Gasteiger partial charge in [0.2, 0.25) is 0 Å². The van der Waals surface area contributed by atoms with Gasteiger partial charge in [-0.2, -0.15) is 5.10 Å². The van der Waals surface area contributed by atoms with Crippen molar-refractivity contribution in [3.8, 4) is 11.3 Å². The second kappa shape index (κ2) is 7.15. The topological polar surface area (TPSA) is 91.6 Å². The van der Waals surface area contributed by atoms with Crippen LogP contribution in [0.3, 0.4) is 0 Å². The molecule has 2 aromatic heterocycles. The molecule has 1 aliphatic rings. The highest BCUT2D eigenvalue weighted by molar-refractivity contribution is 5.95. The van der Waals surface area contributed by atoms with Crippen LogP contribution in [0.1, 0.15) is 27.9 Å². The van der Waals surface area contributed by atoms with Gasteiger partial charge in [0.15, 0.2) is 0 Å². The molecule has 7 heteroatoms. The monoisotopic (exact) mass is 353 g/mol. The van der Waals surface area contributed by atoms with E-state index in [-0.39, 0.29) is 11.7 Å². The molecule has 2 N–H and O–H groups in total. The van der Waals surface area contributed by atoms with Crippen molar-refractivity contribution in [1.82, 2.24) is 15.1 Å². The lowest BCUT2D eigenvalue weighted by Gasteiger charge is -2.31. The van der Waals surface area contributed by atoms with Crippen molar-refractivity contribution in [2.24, 2.45) is 0 Å². The number of aromatic carboxylic acids is 1. The van der Waals surface area contributed by atoms with E-state index in [0.717, 1.165) is 24.5 Å². The number of furan rings is 1. The Hall–Kier alpha value is -2.90. The Bertz CT molecular complexity index is 888. The average Bonchev–Trinajstić information content (AvgIpc) is 3.34. The fourth-order valence-electron chi connectivity index (χ4n) is 3.19. The maximum atomic E-state index is 11.4. The minimum absolute atomic E-state index is 0.0339. The van der Waals surface area contributed by atoms with Crippen molar-refractivity contribution in [1.29, 1.82) is 0 Å². The molecular formula is C19H19N3O4. The van der Waals surface area contributed by atoms with Crippen molar-refractivity contribution >= 4 is 5.97 Å². The Morgan fingerprint density at radius 1 is 1.27 bits per heavy atom. The third-order valence-corrected chi connectivity index (χ3v) is 4.48. The third kappa shape index (κ3) is 3.40. The first-order chi connectivity index (χ1) is 12.7. The fourth-order valence-corrected chi connectivity index (χ4v) is 3.19. The number of nitrogens with one attached hydrogen (secondary N) is 1. The molecular weight excluding hydrogens is 334 g/mol. The van der Waals surface area contributed by atoms with E-state index in [1.807, 2.05) is 18.2 Å². The molecule has 0 aliphatic carbocycles. The van der Waals surface area contributed by atoms with E-state index < -0.39 is 5.97 Å². The van der Waals surface area contributed by atoms with Crippen LogP contribution >= 0.6 is 0 Å². The molecule has 3 heterocycles. The Balaban J connectivity index is 1.48. The SMILES string of the molecule is O=C(O)c1ccccc1-c1ccc(CN2CCO[C@H](c3ccn[nH]3)C2)o1. The van der Waals surface area contributed by atoms with E-state index in [9.17, 15) is 9.90 Å². The summed E-state index contributed by atoms with van der Waals surface area (Å²) in [5, 5.41) is 16.3. The number of nitrogens with zero attached hydrogens (tertiary/aromatic N) is 2. The molecule has 3 aromatic rings. The highest BCUT2D eigenvalue weighted by Gasteiger charge is 2.24. The molecule has 1 atom stereocenters. The summed E-state index contributed by atoms with van der Waals surface area (Å²) < 4.78 is 11.7. The van der Waals surface area contributed by atoms with Crippen LogP contribution in [0, 0.1) is 0 Å². The number of morpholine rings is 1. The predicted molar refractivity (Wildman–Crippen MR) is 93.7 cm³/mol. The van der Waals surface area contributed by atoms with Gasteiger partial charge in [-0.3, -0.25) is 10.00 Å². The fraction of sp³-hybridized carbons (Fsp3) is 0.263. The van der Waals surface area contributed by atoms with Crippen LogP contribution in [0.2, 0.25) is 0 Å². The summed E-state index contributed by atoms with van der Waals surface area (Å²) in [6, 6.07) is 12.5. The van der Waals surface area contributed by atoms with Crippen LogP contribution < -0.4 is 0 Å². The number of hydrogen-bond donors (Lipinski definition) is 2. The molecule has 0 spiro atoms. The number of aromatic nitrogens is 2. The lowest BCUT2D eigenvalue weighted by molar-refractivity contribution is -0.0366. The first-order valence-electron chi connectivity index (χ1n) is 8.45. The summed E-state index contributed by atoms with van der Waals surface area (Å²) in [6.07, 6.45) is 1.68. The molecule has 1 aromatic carbocycles. The van der Waals surface area contributed by atoms with E-state index in [2.05, 4.69) is 15.1 Å². The van der Waals surface area contributed by atoms with Crippen molar-refractivity contribution in [2.45, 2.75) is 12.6 Å². The van der Waals surface area contributed by atoms with Gasteiger partial charge >= 0.3 is 5.97 Å². The van der Waals surface area contributed by atoms with E-state index in [1.54, 1.807) is 30.5 Å². The molecule has 4 rings (SSSR count). The van der Waals surface area contributed by atoms with Crippen molar-refractivity contribution in [2.75, 3.05) is 19.7 Å². The van der Waals surface area contributed by atoms with Gasteiger partial charge in [-0.05, 0) is 24.3 Å². The Kier molecular flexibility index (Phi) is 4.55. The van der Waals surface area contributed by atoms with E-state index in [1.165, 1.54) is 0 Å². The summed E-state index contributed by atoms with van der Waals surface area (Å²) >= 11 is 0. The summed E-state index contributed by atoms with van der Waals surface area (Å²) in [5.74, 6) is 0.399. The first-order valence-corrected chi connectivity index (χ1v) is 8.45. The largest absolute Gasteiger partial charge is 0.478 e. The van der Waals surface area contributed by atoms with Crippen LogP contribution in [-0.2, 0) is 11.3 Å². The maximum absolute atomic E-state index is 11.4. The Labute approximate surface area is 150 Å². The molecule has 0 saturated carbocycles. The van der Waals surface area contributed by atoms with Gasteiger partial charge in [0.1, 0.15) is 17.6 Å². The molecule has 0 bridgehead atoms. The van der Waals surface area contributed by atoms with Crippen LogP contribution in [0.4, 0.5) is 0 Å². The van der Waals surface area contributed by atoms with E-state index >= 15 is 0 Å². The van der Waals surface area contributed by atoms with E-state index in [0.29, 0.717) is 24.5 Å². The summed E-state index contributed by atoms with van der Waals surface area (Å²) in [6.45, 7) is 2.83. The summed E-state index contributed by atoms with van der Waals surface area (Å²) in [4.78, 5) is 13.6. The standard InChI is InChI=1S/C19H19N3O4/c23-19(24)15-4-2-1-3-14(15)17-6-5-13(26-17)11-22-9-10-25-18(12-22)16-7-8-20-21-16/h1-8,18H,9-12H2,(H,20,21)(H,23,24)/t18-/m0/s1. The predicted octanol–water partition coefficient (Wildman–Crippen LogP) is 2.94. The van der Waals surface area contributed by atoms with Gasteiger partial charge in [-0.25, -0.2) is 4.79 Å². The zero-order valence-corrected chi connectivity index (χ0v) is 14.1. The van der Waals surface area contributed by atoms with Gasteiger partial charge in [-0.15, -0.1) is 0 Å². The quantitative estimate of drug-likeness (QED) is 0.733. The van der Waals surface area contributed by atoms with Crippen LogP contribution in [0.15, 0.2) is 53.1 Å². The number of H-pyrrole nitrogens is 1. The average molecular weight is 353 g/mol. The molecule has 0 radical (unpaired) electrons. The first kappa shape index (κ1) is 16.6. The van der Waals surface area contributed by atoms with Gasteiger partial charge < -0.3 is 14.3 Å². The molecule has 26 heavy (non-hydrogen) atoms. The highest BCUT2D eigenvalue weighted by Crippen LogP contribution is 2.27. The minimum atomic E-state index is -0.964. The lowest BCUT2D eigenvalue weighted by Crippen LogP contribution is -2.37.